The molecule has 1 aromatic rings. The molecular weight excluding hydrogens is 166 g/mol. The van der Waals surface area contributed by atoms with Crippen molar-refractivity contribution in [1.82, 2.24) is 20.2 Å². The normalized spacial score (nSPS) is 29.0. The van der Waals surface area contributed by atoms with Crippen LogP contribution < -0.4 is 5.73 Å². The van der Waals surface area contributed by atoms with Crippen LogP contribution in [0, 0.1) is 5.92 Å². The molecular formula is C8H15N5. The van der Waals surface area contributed by atoms with Gasteiger partial charge < -0.3 is 5.73 Å². The van der Waals surface area contributed by atoms with E-state index in [0.717, 1.165) is 18.8 Å². The SMILES string of the molecule is CC1CCCC(n2nnnc2N)C1. The summed E-state index contributed by atoms with van der Waals surface area (Å²) in [5, 5.41) is 11.2. The minimum absolute atomic E-state index is 0.416. The molecule has 2 atom stereocenters. The van der Waals surface area contributed by atoms with Gasteiger partial charge in [0.1, 0.15) is 0 Å². The predicted molar refractivity (Wildman–Crippen MR) is 48.9 cm³/mol. The van der Waals surface area contributed by atoms with E-state index in [-0.39, 0.29) is 0 Å². The first kappa shape index (κ1) is 8.47. The maximum atomic E-state index is 5.64. The van der Waals surface area contributed by atoms with Crippen LogP contribution in [0.3, 0.4) is 0 Å². The van der Waals surface area contributed by atoms with Gasteiger partial charge in [0, 0.05) is 0 Å². The molecule has 1 aromatic heterocycles. The van der Waals surface area contributed by atoms with E-state index in [1.54, 1.807) is 4.68 Å². The van der Waals surface area contributed by atoms with Crippen molar-refractivity contribution in [2.75, 3.05) is 5.73 Å². The molecule has 1 fully saturated rings. The molecule has 1 heterocycles. The lowest BCUT2D eigenvalue weighted by Crippen LogP contribution is -2.20. The third kappa shape index (κ3) is 1.64. The number of nitrogens with zero attached hydrogens (tertiary/aromatic N) is 4. The number of nitrogens with two attached hydrogens (primary N) is 1. The highest BCUT2D eigenvalue weighted by Gasteiger charge is 2.22. The molecule has 13 heavy (non-hydrogen) atoms. The summed E-state index contributed by atoms with van der Waals surface area (Å²) in [5.41, 5.74) is 5.64. The quantitative estimate of drug-likeness (QED) is 0.701. The first-order valence-electron chi connectivity index (χ1n) is 4.80. The Balaban J connectivity index is 2.12. The molecule has 2 N–H and O–H groups in total. The van der Waals surface area contributed by atoms with Crippen molar-refractivity contribution < 1.29 is 0 Å². The summed E-state index contributed by atoms with van der Waals surface area (Å²) in [7, 11) is 0. The van der Waals surface area contributed by atoms with Gasteiger partial charge in [0.15, 0.2) is 0 Å². The number of aromatic nitrogens is 4. The van der Waals surface area contributed by atoms with Crippen molar-refractivity contribution >= 4 is 5.95 Å². The molecule has 0 aliphatic heterocycles. The van der Waals surface area contributed by atoms with Crippen LogP contribution in [0.5, 0.6) is 0 Å². The van der Waals surface area contributed by atoms with E-state index in [2.05, 4.69) is 22.4 Å². The Morgan fingerprint density at radius 3 is 2.92 bits per heavy atom. The van der Waals surface area contributed by atoms with Crippen LogP contribution in [0.15, 0.2) is 0 Å². The van der Waals surface area contributed by atoms with Gasteiger partial charge in [0.2, 0.25) is 5.95 Å². The van der Waals surface area contributed by atoms with Crippen LogP contribution in [0.1, 0.15) is 38.6 Å². The minimum Gasteiger partial charge on any atom is -0.367 e. The van der Waals surface area contributed by atoms with Crippen molar-refractivity contribution in [2.24, 2.45) is 5.92 Å². The Hall–Kier alpha value is -1.13. The summed E-state index contributed by atoms with van der Waals surface area (Å²) in [6.45, 7) is 2.27. The number of nitrogen functional groups attached to an aromatic ring is 1. The van der Waals surface area contributed by atoms with Crippen LogP contribution in [0.4, 0.5) is 5.95 Å². The Labute approximate surface area is 77.3 Å². The summed E-state index contributed by atoms with van der Waals surface area (Å²) in [6.07, 6.45) is 4.87. The second-order valence-electron chi connectivity index (χ2n) is 3.91. The molecule has 2 rings (SSSR count). The van der Waals surface area contributed by atoms with E-state index in [4.69, 9.17) is 5.73 Å². The average Bonchev–Trinajstić information content (AvgIpc) is 2.51. The monoisotopic (exact) mass is 181 g/mol. The zero-order chi connectivity index (χ0) is 9.26. The Kier molecular flexibility index (Phi) is 2.16. The Bertz CT molecular complexity index is 282. The van der Waals surface area contributed by atoms with Gasteiger partial charge in [-0.15, -0.1) is 0 Å². The molecule has 5 heteroatoms. The molecule has 2 unspecified atom stereocenters. The topological polar surface area (TPSA) is 69.6 Å². The van der Waals surface area contributed by atoms with Crippen LogP contribution in [-0.4, -0.2) is 20.2 Å². The van der Waals surface area contributed by atoms with Crippen LogP contribution in [-0.2, 0) is 0 Å². The summed E-state index contributed by atoms with van der Waals surface area (Å²) in [4.78, 5) is 0. The number of rotatable bonds is 1. The molecule has 0 saturated heterocycles. The van der Waals surface area contributed by atoms with Gasteiger partial charge >= 0.3 is 0 Å². The van der Waals surface area contributed by atoms with E-state index >= 15 is 0 Å². The highest BCUT2D eigenvalue weighted by Crippen LogP contribution is 2.32. The Morgan fingerprint density at radius 1 is 1.46 bits per heavy atom. The fourth-order valence-corrected chi connectivity index (χ4v) is 2.08. The van der Waals surface area contributed by atoms with Crippen LogP contribution >= 0.6 is 0 Å². The van der Waals surface area contributed by atoms with Gasteiger partial charge in [-0.2, -0.15) is 0 Å². The molecule has 72 valence electrons. The fraction of sp³-hybridized carbons (Fsp3) is 0.875. The molecule has 0 bridgehead atoms. The molecule has 0 spiro atoms. The largest absolute Gasteiger partial charge is 0.367 e. The molecule has 0 radical (unpaired) electrons. The van der Waals surface area contributed by atoms with Crippen molar-refractivity contribution in [3.8, 4) is 0 Å². The van der Waals surface area contributed by atoms with E-state index in [1.807, 2.05) is 0 Å². The molecule has 5 nitrogen and oxygen atoms in total. The van der Waals surface area contributed by atoms with E-state index in [0.29, 0.717) is 12.0 Å². The number of tetrazole rings is 1. The third-order valence-electron chi connectivity index (χ3n) is 2.77. The summed E-state index contributed by atoms with van der Waals surface area (Å²) in [5.74, 6) is 1.21. The van der Waals surface area contributed by atoms with Gasteiger partial charge in [0.05, 0.1) is 6.04 Å². The zero-order valence-electron chi connectivity index (χ0n) is 7.85. The van der Waals surface area contributed by atoms with Gasteiger partial charge in [-0.05, 0) is 29.2 Å². The summed E-state index contributed by atoms with van der Waals surface area (Å²) < 4.78 is 1.76. The lowest BCUT2D eigenvalue weighted by atomic mass is 9.87. The van der Waals surface area contributed by atoms with Crippen LogP contribution in [0.25, 0.3) is 0 Å². The number of hydrogen-bond donors (Lipinski definition) is 1. The van der Waals surface area contributed by atoms with Crippen molar-refractivity contribution in [1.29, 1.82) is 0 Å². The van der Waals surface area contributed by atoms with E-state index < -0.39 is 0 Å². The van der Waals surface area contributed by atoms with Gasteiger partial charge in [-0.3, -0.25) is 0 Å². The van der Waals surface area contributed by atoms with E-state index in [1.165, 1.54) is 12.8 Å². The van der Waals surface area contributed by atoms with E-state index in [9.17, 15) is 0 Å². The minimum atomic E-state index is 0.416. The second-order valence-corrected chi connectivity index (χ2v) is 3.91. The first-order chi connectivity index (χ1) is 6.27. The highest BCUT2D eigenvalue weighted by molar-refractivity contribution is 5.11. The molecule has 1 aliphatic carbocycles. The molecule has 0 amide bonds. The maximum Gasteiger partial charge on any atom is 0.240 e. The Morgan fingerprint density at radius 2 is 2.31 bits per heavy atom. The summed E-state index contributed by atoms with van der Waals surface area (Å²) in [6, 6.07) is 0.416. The second kappa shape index (κ2) is 3.32. The maximum absolute atomic E-state index is 5.64. The number of anilines is 1. The third-order valence-corrected chi connectivity index (χ3v) is 2.77. The lowest BCUT2D eigenvalue weighted by Gasteiger charge is -2.26. The smallest absolute Gasteiger partial charge is 0.240 e. The van der Waals surface area contributed by atoms with Gasteiger partial charge in [-0.1, -0.05) is 24.9 Å². The fourth-order valence-electron chi connectivity index (χ4n) is 2.08. The molecule has 1 aliphatic rings. The molecule has 1 saturated carbocycles. The van der Waals surface area contributed by atoms with Crippen LogP contribution in [0.2, 0.25) is 0 Å². The van der Waals surface area contributed by atoms with Gasteiger partial charge in [0.25, 0.3) is 0 Å². The zero-order valence-corrected chi connectivity index (χ0v) is 7.85. The average molecular weight is 181 g/mol. The van der Waals surface area contributed by atoms with Gasteiger partial charge in [-0.25, -0.2) is 4.68 Å². The van der Waals surface area contributed by atoms with Crippen molar-refractivity contribution in [3.63, 3.8) is 0 Å². The summed E-state index contributed by atoms with van der Waals surface area (Å²) >= 11 is 0. The van der Waals surface area contributed by atoms with Crippen molar-refractivity contribution in [2.45, 2.75) is 38.6 Å². The first-order valence-corrected chi connectivity index (χ1v) is 4.80. The van der Waals surface area contributed by atoms with Crippen molar-refractivity contribution in [3.05, 3.63) is 0 Å². The molecule has 0 aromatic carbocycles. The standard InChI is InChI=1S/C8H15N5/c1-6-3-2-4-7(5-6)13-8(9)10-11-12-13/h6-7H,2-5H2,1H3,(H2,9,10,12). The lowest BCUT2D eigenvalue weighted by molar-refractivity contribution is 0.266. The highest BCUT2D eigenvalue weighted by atomic mass is 15.6. The predicted octanol–water partition coefficient (Wildman–Crippen LogP) is 1.01. The number of hydrogen-bond acceptors (Lipinski definition) is 4.